The number of aromatic nitrogens is 2. The highest BCUT2D eigenvalue weighted by molar-refractivity contribution is 6.33. The highest BCUT2D eigenvalue weighted by Crippen LogP contribution is 2.25. The molecule has 1 aromatic carbocycles. The van der Waals surface area contributed by atoms with Gasteiger partial charge in [-0.05, 0) is 30.7 Å². The largest absolute Gasteiger partial charge is 0.398 e. The van der Waals surface area contributed by atoms with Crippen LogP contribution in [0.2, 0.25) is 5.02 Å². The number of amides is 1. The Bertz CT molecular complexity index is 634. The molecule has 0 saturated carbocycles. The Hall–Kier alpha value is -2.01. The van der Waals surface area contributed by atoms with E-state index in [4.69, 9.17) is 17.3 Å². The number of rotatable bonds is 2. The van der Waals surface area contributed by atoms with Crippen molar-refractivity contribution < 1.29 is 4.79 Å². The quantitative estimate of drug-likeness (QED) is 0.856. The minimum absolute atomic E-state index is 0.141. The van der Waals surface area contributed by atoms with Gasteiger partial charge in [0, 0.05) is 20.3 Å². The van der Waals surface area contributed by atoms with Gasteiger partial charge in [-0.3, -0.25) is 4.79 Å². The molecular formula is C13H15ClN4O. The Morgan fingerprint density at radius 3 is 2.74 bits per heavy atom. The summed E-state index contributed by atoms with van der Waals surface area (Å²) in [5, 5.41) is 4.73. The van der Waals surface area contributed by atoms with Gasteiger partial charge in [-0.25, -0.2) is 4.68 Å². The highest BCUT2D eigenvalue weighted by Gasteiger charge is 2.13. The second-order valence-electron chi connectivity index (χ2n) is 4.51. The zero-order valence-corrected chi connectivity index (χ0v) is 11.8. The van der Waals surface area contributed by atoms with E-state index < -0.39 is 0 Å². The summed E-state index contributed by atoms with van der Waals surface area (Å²) in [6, 6.07) is 5.20. The van der Waals surface area contributed by atoms with Gasteiger partial charge in [-0.2, -0.15) is 5.10 Å². The smallest absolute Gasteiger partial charge is 0.273 e. The number of carbonyl (C=O) groups is 1. The third-order valence-electron chi connectivity index (χ3n) is 2.78. The summed E-state index contributed by atoms with van der Waals surface area (Å²) in [5.74, 6) is -0.141. The molecule has 0 bridgehead atoms. The van der Waals surface area contributed by atoms with Gasteiger partial charge in [0.25, 0.3) is 5.91 Å². The van der Waals surface area contributed by atoms with Crippen molar-refractivity contribution in [1.82, 2.24) is 14.7 Å². The fourth-order valence-corrected chi connectivity index (χ4v) is 1.90. The normalized spacial score (nSPS) is 10.5. The minimum atomic E-state index is -0.141. The van der Waals surface area contributed by atoms with Crippen LogP contribution in [0.1, 0.15) is 16.1 Å². The van der Waals surface area contributed by atoms with Crippen molar-refractivity contribution in [3.05, 3.63) is 40.7 Å². The second kappa shape index (κ2) is 4.93. The molecule has 0 spiro atoms. The molecule has 2 rings (SSSR count). The van der Waals surface area contributed by atoms with Crippen LogP contribution in [-0.2, 0) is 0 Å². The molecule has 1 amide bonds. The number of nitrogens with two attached hydrogens (primary N) is 1. The third-order valence-corrected chi connectivity index (χ3v) is 3.10. The molecule has 2 aromatic rings. The van der Waals surface area contributed by atoms with Crippen molar-refractivity contribution in [3.8, 4) is 5.69 Å². The van der Waals surface area contributed by atoms with E-state index in [0.717, 1.165) is 11.3 Å². The maximum absolute atomic E-state index is 11.8. The predicted octanol–water partition coefficient (Wildman–Crippen LogP) is 2.12. The van der Waals surface area contributed by atoms with E-state index in [1.165, 1.54) is 4.90 Å². The molecule has 2 N–H and O–H groups in total. The lowest BCUT2D eigenvalue weighted by Crippen LogP contribution is -2.22. The van der Waals surface area contributed by atoms with Gasteiger partial charge in [0.2, 0.25) is 0 Å². The molecule has 0 fully saturated rings. The Morgan fingerprint density at radius 2 is 2.11 bits per heavy atom. The lowest BCUT2D eigenvalue weighted by Gasteiger charge is -2.09. The summed E-state index contributed by atoms with van der Waals surface area (Å²) in [7, 11) is 3.37. The molecule has 19 heavy (non-hydrogen) atoms. The molecule has 1 heterocycles. The topological polar surface area (TPSA) is 64.2 Å². The average molecular weight is 279 g/mol. The molecule has 0 unspecified atom stereocenters. The molecular weight excluding hydrogens is 264 g/mol. The number of hydrogen-bond donors (Lipinski definition) is 1. The molecule has 1 aromatic heterocycles. The number of hydrogen-bond acceptors (Lipinski definition) is 3. The second-order valence-corrected chi connectivity index (χ2v) is 4.91. The fraction of sp³-hybridized carbons (Fsp3) is 0.231. The molecule has 0 radical (unpaired) electrons. The van der Waals surface area contributed by atoms with Crippen molar-refractivity contribution in [1.29, 1.82) is 0 Å². The first-order valence-corrected chi connectivity index (χ1v) is 6.11. The summed E-state index contributed by atoms with van der Waals surface area (Å²) in [5.41, 5.74) is 8.39. The first-order valence-electron chi connectivity index (χ1n) is 5.73. The van der Waals surface area contributed by atoms with Crippen LogP contribution in [0.25, 0.3) is 5.69 Å². The van der Waals surface area contributed by atoms with Gasteiger partial charge < -0.3 is 10.6 Å². The molecule has 6 heteroatoms. The van der Waals surface area contributed by atoms with Crippen LogP contribution in [0.3, 0.4) is 0 Å². The number of nitrogen functional groups attached to an aromatic ring is 1. The van der Waals surface area contributed by atoms with Crippen molar-refractivity contribution in [3.63, 3.8) is 0 Å². The highest BCUT2D eigenvalue weighted by atomic mass is 35.5. The van der Waals surface area contributed by atoms with E-state index in [-0.39, 0.29) is 5.91 Å². The van der Waals surface area contributed by atoms with E-state index in [1.807, 2.05) is 6.92 Å². The molecule has 100 valence electrons. The number of halogens is 1. The zero-order valence-electron chi connectivity index (χ0n) is 11.0. The van der Waals surface area contributed by atoms with Crippen molar-refractivity contribution in [2.75, 3.05) is 19.8 Å². The summed E-state index contributed by atoms with van der Waals surface area (Å²) >= 11 is 6.01. The van der Waals surface area contributed by atoms with Gasteiger partial charge in [0.1, 0.15) is 0 Å². The molecule has 0 aliphatic carbocycles. The first kappa shape index (κ1) is 13.4. The molecule has 0 aliphatic heterocycles. The third kappa shape index (κ3) is 2.56. The molecule has 0 saturated heterocycles. The fourth-order valence-electron chi connectivity index (χ4n) is 1.74. The van der Waals surface area contributed by atoms with Gasteiger partial charge in [-0.1, -0.05) is 11.6 Å². The number of benzene rings is 1. The Balaban J connectivity index is 2.44. The monoisotopic (exact) mass is 278 g/mol. The van der Waals surface area contributed by atoms with Crippen molar-refractivity contribution in [2.24, 2.45) is 0 Å². The summed E-state index contributed by atoms with van der Waals surface area (Å²) < 4.78 is 1.62. The van der Waals surface area contributed by atoms with Crippen LogP contribution in [0.4, 0.5) is 5.69 Å². The Morgan fingerprint density at radius 1 is 1.42 bits per heavy atom. The van der Waals surface area contributed by atoms with E-state index in [2.05, 4.69) is 5.10 Å². The Kier molecular flexibility index (Phi) is 3.48. The van der Waals surface area contributed by atoms with Gasteiger partial charge in [0.15, 0.2) is 5.69 Å². The van der Waals surface area contributed by atoms with Crippen LogP contribution in [0, 0.1) is 6.92 Å². The number of carbonyl (C=O) groups excluding carboxylic acids is 1. The maximum Gasteiger partial charge on any atom is 0.273 e. The van der Waals surface area contributed by atoms with Crippen LogP contribution in [-0.4, -0.2) is 34.7 Å². The van der Waals surface area contributed by atoms with Gasteiger partial charge >= 0.3 is 0 Å². The summed E-state index contributed by atoms with van der Waals surface area (Å²) in [6.07, 6.45) is 1.73. The van der Waals surface area contributed by atoms with Crippen LogP contribution in [0.5, 0.6) is 0 Å². The van der Waals surface area contributed by atoms with Crippen LogP contribution >= 0.6 is 11.6 Å². The zero-order chi connectivity index (χ0) is 14.2. The Labute approximate surface area is 116 Å². The average Bonchev–Trinajstić information content (AvgIpc) is 2.81. The van der Waals surface area contributed by atoms with E-state index >= 15 is 0 Å². The number of nitrogens with zero attached hydrogens (tertiary/aromatic N) is 3. The SMILES string of the molecule is Cc1cc(N)c(Cl)cc1-n1ccc(C(=O)N(C)C)n1. The van der Waals surface area contributed by atoms with E-state index in [1.54, 1.807) is 43.2 Å². The maximum atomic E-state index is 11.8. The van der Waals surface area contributed by atoms with E-state index in [9.17, 15) is 4.79 Å². The minimum Gasteiger partial charge on any atom is -0.398 e. The lowest BCUT2D eigenvalue weighted by molar-refractivity contribution is 0.0821. The number of anilines is 1. The number of aryl methyl sites for hydroxylation is 1. The predicted molar refractivity (Wildman–Crippen MR) is 75.7 cm³/mol. The molecule has 5 nitrogen and oxygen atoms in total. The molecule has 0 aliphatic rings. The van der Waals surface area contributed by atoms with Crippen LogP contribution < -0.4 is 5.73 Å². The molecule has 0 atom stereocenters. The summed E-state index contributed by atoms with van der Waals surface area (Å²) in [4.78, 5) is 13.3. The standard InChI is InChI=1S/C13H15ClN4O/c1-8-6-10(15)9(14)7-12(8)18-5-4-11(16-18)13(19)17(2)3/h4-7H,15H2,1-3H3. The van der Waals surface area contributed by atoms with Crippen molar-refractivity contribution in [2.45, 2.75) is 6.92 Å². The lowest BCUT2D eigenvalue weighted by atomic mass is 10.2. The first-order chi connectivity index (χ1) is 8.90. The van der Waals surface area contributed by atoms with Gasteiger partial charge in [0.05, 0.1) is 16.4 Å². The van der Waals surface area contributed by atoms with E-state index in [0.29, 0.717) is 16.4 Å². The van der Waals surface area contributed by atoms with Crippen molar-refractivity contribution >= 4 is 23.2 Å². The van der Waals surface area contributed by atoms with Crippen LogP contribution in [0.15, 0.2) is 24.4 Å². The van der Waals surface area contributed by atoms with Gasteiger partial charge in [-0.15, -0.1) is 0 Å². The summed E-state index contributed by atoms with van der Waals surface area (Å²) in [6.45, 7) is 1.91.